The Morgan fingerprint density at radius 3 is 2.00 bits per heavy atom. The van der Waals surface area contributed by atoms with E-state index in [9.17, 15) is 8.42 Å². The molecule has 1 aromatic carbocycles. The van der Waals surface area contributed by atoms with Gasteiger partial charge in [0.2, 0.25) is 0 Å². The van der Waals surface area contributed by atoms with Gasteiger partial charge in [0.25, 0.3) is 10.2 Å². The Bertz CT molecular complexity index is 489. The molecule has 0 fully saturated rings. The van der Waals surface area contributed by atoms with Crippen LogP contribution in [0, 0.1) is 0 Å². The zero-order valence-electron chi connectivity index (χ0n) is 13.7. The third kappa shape index (κ3) is 8.51. The second kappa shape index (κ2) is 10.8. The molecule has 4 nitrogen and oxygen atoms in total. The van der Waals surface area contributed by atoms with E-state index >= 15 is 0 Å². The fourth-order valence-electron chi connectivity index (χ4n) is 2.51. The number of hydrogen-bond acceptors (Lipinski definition) is 2. The van der Waals surface area contributed by atoms with Crippen molar-refractivity contribution < 1.29 is 8.42 Å². The maximum atomic E-state index is 11.7. The van der Waals surface area contributed by atoms with Crippen molar-refractivity contribution in [1.29, 1.82) is 0 Å². The molecule has 5 heteroatoms. The molecule has 0 aliphatic rings. The Labute approximate surface area is 135 Å². The molecule has 0 saturated heterocycles. The maximum absolute atomic E-state index is 11.7. The predicted octanol–water partition coefficient (Wildman–Crippen LogP) is 3.83. The summed E-state index contributed by atoms with van der Waals surface area (Å²) in [4.78, 5) is 0. The van der Waals surface area contributed by atoms with Gasteiger partial charge in [-0.3, -0.25) is 0 Å². The molecule has 0 radical (unpaired) electrons. The van der Waals surface area contributed by atoms with E-state index in [1.807, 2.05) is 30.3 Å². The minimum absolute atomic E-state index is 0.357. The van der Waals surface area contributed by atoms with Gasteiger partial charge >= 0.3 is 0 Å². The van der Waals surface area contributed by atoms with Gasteiger partial charge in [-0.15, -0.1) is 0 Å². The predicted molar refractivity (Wildman–Crippen MR) is 92.6 cm³/mol. The van der Waals surface area contributed by atoms with Crippen LogP contribution >= 0.6 is 0 Å². The van der Waals surface area contributed by atoms with Crippen LogP contribution < -0.4 is 5.14 Å². The van der Waals surface area contributed by atoms with E-state index in [1.54, 1.807) is 0 Å². The highest BCUT2D eigenvalue weighted by atomic mass is 32.2. The van der Waals surface area contributed by atoms with Crippen LogP contribution in [0.25, 0.3) is 0 Å². The Hall–Kier alpha value is -0.910. The molecular formula is C17H30N2O2S. The minimum atomic E-state index is -3.63. The van der Waals surface area contributed by atoms with Crippen LogP contribution in [-0.2, 0) is 16.8 Å². The summed E-state index contributed by atoms with van der Waals surface area (Å²) in [6.07, 6.45) is 9.54. The molecule has 22 heavy (non-hydrogen) atoms. The van der Waals surface area contributed by atoms with Gasteiger partial charge in [0.1, 0.15) is 0 Å². The summed E-state index contributed by atoms with van der Waals surface area (Å²) in [5.74, 6) is 0. The van der Waals surface area contributed by atoms with Crippen LogP contribution in [0.4, 0.5) is 0 Å². The van der Waals surface area contributed by atoms with E-state index in [0.29, 0.717) is 13.1 Å². The highest BCUT2D eigenvalue weighted by molar-refractivity contribution is 7.86. The van der Waals surface area contributed by atoms with Crippen LogP contribution in [-0.4, -0.2) is 19.3 Å². The van der Waals surface area contributed by atoms with Crippen molar-refractivity contribution in [2.24, 2.45) is 5.14 Å². The second-order valence-electron chi connectivity index (χ2n) is 5.84. The van der Waals surface area contributed by atoms with Crippen molar-refractivity contribution in [2.45, 2.75) is 64.8 Å². The summed E-state index contributed by atoms with van der Waals surface area (Å²) in [5.41, 5.74) is 0.969. The molecule has 126 valence electrons. The first kappa shape index (κ1) is 19.1. The van der Waals surface area contributed by atoms with Gasteiger partial charge in [0, 0.05) is 13.1 Å². The molecule has 0 spiro atoms. The molecule has 0 unspecified atom stereocenters. The molecule has 0 aromatic heterocycles. The smallest absolute Gasteiger partial charge is 0.216 e. The van der Waals surface area contributed by atoms with Crippen molar-refractivity contribution in [3.05, 3.63) is 35.9 Å². The van der Waals surface area contributed by atoms with Crippen LogP contribution in [0.2, 0.25) is 0 Å². The summed E-state index contributed by atoms with van der Waals surface area (Å²) in [5, 5.41) is 5.32. The lowest BCUT2D eigenvalue weighted by molar-refractivity contribution is 0.391. The average molecular weight is 327 g/mol. The summed E-state index contributed by atoms with van der Waals surface area (Å²) in [6.45, 7) is 3.08. The minimum Gasteiger partial charge on any atom is -0.216 e. The first-order chi connectivity index (χ1) is 10.5. The lowest BCUT2D eigenvalue weighted by atomic mass is 10.1. The van der Waals surface area contributed by atoms with Crippen LogP contribution in [0.15, 0.2) is 30.3 Å². The summed E-state index contributed by atoms with van der Waals surface area (Å²) in [7, 11) is -3.63. The zero-order valence-corrected chi connectivity index (χ0v) is 14.5. The molecule has 0 amide bonds. The van der Waals surface area contributed by atoms with Gasteiger partial charge < -0.3 is 0 Å². The molecule has 1 aromatic rings. The van der Waals surface area contributed by atoms with Crippen molar-refractivity contribution >= 4 is 10.2 Å². The van der Waals surface area contributed by atoms with Gasteiger partial charge in [-0.2, -0.15) is 12.7 Å². The fourth-order valence-corrected chi connectivity index (χ4v) is 3.22. The van der Waals surface area contributed by atoms with Crippen molar-refractivity contribution in [3.8, 4) is 0 Å². The van der Waals surface area contributed by atoms with E-state index in [2.05, 4.69) is 6.92 Å². The Balaban J connectivity index is 2.28. The second-order valence-corrected chi connectivity index (χ2v) is 7.39. The Morgan fingerprint density at radius 1 is 0.909 bits per heavy atom. The van der Waals surface area contributed by atoms with Gasteiger partial charge in [-0.1, -0.05) is 82.2 Å². The molecule has 0 saturated carbocycles. The van der Waals surface area contributed by atoms with E-state index < -0.39 is 10.2 Å². The number of rotatable bonds is 12. The third-order valence-electron chi connectivity index (χ3n) is 3.82. The lowest BCUT2D eigenvalue weighted by Crippen LogP contribution is -2.36. The lowest BCUT2D eigenvalue weighted by Gasteiger charge is -2.19. The molecule has 0 bridgehead atoms. The molecule has 0 heterocycles. The van der Waals surface area contributed by atoms with Crippen molar-refractivity contribution in [3.63, 3.8) is 0 Å². The molecular weight excluding hydrogens is 296 g/mol. The van der Waals surface area contributed by atoms with Crippen LogP contribution in [0.1, 0.15) is 63.9 Å². The first-order valence-corrected chi connectivity index (χ1v) is 9.86. The van der Waals surface area contributed by atoms with E-state index in [1.165, 1.54) is 42.8 Å². The molecule has 0 atom stereocenters. The fraction of sp³-hybridized carbons (Fsp3) is 0.647. The van der Waals surface area contributed by atoms with Crippen LogP contribution in [0.5, 0.6) is 0 Å². The molecule has 1 rings (SSSR count). The van der Waals surface area contributed by atoms with Crippen molar-refractivity contribution in [1.82, 2.24) is 4.31 Å². The number of unbranched alkanes of at least 4 members (excludes halogenated alkanes) is 7. The van der Waals surface area contributed by atoms with Crippen molar-refractivity contribution in [2.75, 3.05) is 6.54 Å². The summed E-state index contributed by atoms with van der Waals surface area (Å²) < 4.78 is 24.7. The van der Waals surface area contributed by atoms with Gasteiger partial charge in [0.05, 0.1) is 0 Å². The molecule has 0 aliphatic heterocycles. The standard InChI is InChI=1S/C17H30N2O2S/c1-2-3-4-5-6-7-8-12-15-19(22(18,20)21)16-17-13-10-9-11-14-17/h9-11,13-14H,2-8,12,15-16H2,1H3,(H2,18,20,21). The topological polar surface area (TPSA) is 63.4 Å². The van der Waals surface area contributed by atoms with Gasteiger partial charge in [-0.25, -0.2) is 5.14 Å². The summed E-state index contributed by atoms with van der Waals surface area (Å²) >= 11 is 0. The average Bonchev–Trinajstić information content (AvgIpc) is 2.49. The molecule has 0 aliphatic carbocycles. The Morgan fingerprint density at radius 2 is 1.45 bits per heavy atom. The quantitative estimate of drug-likeness (QED) is 0.593. The highest BCUT2D eigenvalue weighted by Crippen LogP contribution is 2.11. The van der Waals surface area contributed by atoms with Gasteiger partial charge in [0.15, 0.2) is 0 Å². The summed E-state index contributed by atoms with van der Waals surface area (Å²) in [6, 6.07) is 9.58. The Kier molecular flexibility index (Phi) is 9.36. The number of hydrogen-bond donors (Lipinski definition) is 1. The van der Waals surface area contributed by atoms with E-state index in [0.717, 1.165) is 18.4 Å². The normalized spacial score (nSPS) is 12.0. The van der Waals surface area contributed by atoms with E-state index in [4.69, 9.17) is 5.14 Å². The number of nitrogens with zero attached hydrogens (tertiary/aromatic N) is 1. The number of benzene rings is 1. The SMILES string of the molecule is CCCCCCCCCCN(Cc1ccccc1)S(N)(=O)=O. The van der Waals surface area contributed by atoms with E-state index in [-0.39, 0.29) is 0 Å². The zero-order chi connectivity index (χ0) is 16.3. The highest BCUT2D eigenvalue weighted by Gasteiger charge is 2.16. The number of nitrogens with two attached hydrogens (primary N) is 1. The largest absolute Gasteiger partial charge is 0.277 e. The molecule has 2 N–H and O–H groups in total. The van der Waals surface area contributed by atoms with Gasteiger partial charge in [-0.05, 0) is 12.0 Å². The maximum Gasteiger partial charge on any atom is 0.277 e. The first-order valence-electron chi connectivity index (χ1n) is 8.36. The third-order valence-corrected chi connectivity index (χ3v) is 4.85. The van der Waals surface area contributed by atoms with Crippen LogP contribution in [0.3, 0.4) is 0 Å². The monoisotopic (exact) mass is 326 g/mol.